The van der Waals surface area contributed by atoms with Crippen molar-refractivity contribution in [3.8, 4) is 0 Å². The molecule has 7 heteroatoms. The van der Waals surface area contributed by atoms with Gasteiger partial charge in [-0.15, -0.1) is 24.0 Å². The van der Waals surface area contributed by atoms with Gasteiger partial charge in [-0.25, -0.2) is 13.4 Å². The maximum absolute atomic E-state index is 11.3. The van der Waals surface area contributed by atoms with Crippen molar-refractivity contribution in [3.63, 3.8) is 0 Å². The van der Waals surface area contributed by atoms with E-state index in [9.17, 15) is 8.42 Å². The number of aliphatic imine (C=N–C) groups is 1. The van der Waals surface area contributed by atoms with Gasteiger partial charge in [-0.3, -0.25) is 0 Å². The van der Waals surface area contributed by atoms with Gasteiger partial charge in [-0.05, 0) is 49.7 Å². The first-order valence-electron chi connectivity index (χ1n) is 9.16. The molecule has 1 fully saturated rings. The van der Waals surface area contributed by atoms with Crippen molar-refractivity contribution < 1.29 is 8.42 Å². The molecular formula is C19H32IN3O2S. The van der Waals surface area contributed by atoms with E-state index in [4.69, 9.17) is 0 Å². The van der Waals surface area contributed by atoms with Crippen LogP contribution in [-0.2, 0) is 22.1 Å². The van der Waals surface area contributed by atoms with E-state index in [-0.39, 0.29) is 29.7 Å². The lowest BCUT2D eigenvalue weighted by atomic mass is 9.87. The number of guanidine groups is 1. The quantitative estimate of drug-likeness (QED) is 0.362. The zero-order chi connectivity index (χ0) is 18.3. The Morgan fingerprint density at radius 2 is 1.69 bits per heavy atom. The zero-order valence-electron chi connectivity index (χ0n) is 16.0. The average Bonchev–Trinajstić information content (AvgIpc) is 2.55. The van der Waals surface area contributed by atoms with Gasteiger partial charge in [0.05, 0.1) is 12.3 Å². The highest BCUT2D eigenvalue weighted by atomic mass is 127. The molecule has 1 saturated carbocycles. The van der Waals surface area contributed by atoms with Gasteiger partial charge in [-0.1, -0.05) is 31.2 Å². The standard InChI is InChI=1S/C19H31N3O2S.HI/c1-4-20-19(22-18-11-5-15(2)6-12-18)21-13-16-7-9-17(10-8-16)14-25(3,23)24;/h7-10,15,18H,4-6,11-14H2,1-3H3,(H2,20,21,22);1H. The number of hydrogen-bond donors (Lipinski definition) is 2. The fraction of sp³-hybridized carbons (Fsp3) is 0.632. The summed E-state index contributed by atoms with van der Waals surface area (Å²) < 4.78 is 22.7. The minimum absolute atomic E-state index is 0. The third-order valence-electron chi connectivity index (χ3n) is 4.57. The molecule has 1 aromatic carbocycles. The van der Waals surface area contributed by atoms with E-state index in [1.54, 1.807) is 0 Å². The summed E-state index contributed by atoms with van der Waals surface area (Å²) in [4.78, 5) is 4.68. The van der Waals surface area contributed by atoms with Gasteiger partial charge < -0.3 is 10.6 Å². The third kappa shape index (κ3) is 8.70. The first-order valence-corrected chi connectivity index (χ1v) is 11.2. The smallest absolute Gasteiger partial charge is 0.191 e. The van der Waals surface area contributed by atoms with Gasteiger partial charge >= 0.3 is 0 Å². The number of sulfone groups is 1. The molecular weight excluding hydrogens is 461 g/mol. The Hall–Kier alpha value is -0.830. The van der Waals surface area contributed by atoms with Crippen molar-refractivity contribution in [2.24, 2.45) is 10.9 Å². The normalized spacial score (nSPS) is 21.0. The van der Waals surface area contributed by atoms with Crippen LogP contribution in [0.5, 0.6) is 0 Å². The number of hydrogen-bond acceptors (Lipinski definition) is 3. The van der Waals surface area contributed by atoms with Crippen molar-refractivity contribution >= 4 is 39.8 Å². The Labute approximate surface area is 175 Å². The molecule has 1 aliphatic rings. The lowest BCUT2D eigenvalue weighted by Gasteiger charge is -2.28. The summed E-state index contributed by atoms with van der Waals surface area (Å²) in [6, 6.07) is 8.15. The molecule has 0 radical (unpaired) electrons. The van der Waals surface area contributed by atoms with Gasteiger partial charge in [0, 0.05) is 18.8 Å². The largest absolute Gasteiger partial charge is 0.357 e. The fourth-order valence-corrected chi connectivity index (χ4v) is 3.93. The minimum atomic E-state index is -2.99. The monoisotopic (exact) mass is 493 g/mol. The van der Waals surface area contributed by atoms with Crippen LogP contribution in [0.1, 0.15) is 50.7 Å². The molecule has 0 aliphatic heterocycles. The number of nitrogens with one attached hydrogen (secondary N) is 2. The molecule has 0 amide bonds. The SMILES string of the molecule is CCNC(=NCc1ccc(CS(C)(=O)=O)cc1)NC1CCC(C)CC1.I. The Morgan fingerprint density at radius 1 is 1.12 bits per heavy atom. The summed E-state index contributed by atoms with van der Waals surface area (Å²) in [5.74, 6) is 1.78. The number of nitrogens with zero attached hydrogens (tertiary/aromatic N) is 1. The maximum Gasteiger partial charge on any atom is 0.191 e. The number of rotatable bonds is 6. The topological polar surface area (TPSA) is 70.6 Å². The zero-order valence-corrected chi connectivity index (χ0v) is 19.1. The molecule has 5 nitrogen and oxygen atoms in total. The molecule has 1 aliphatic carbocycles. The van der Waals surface area contributed by atoms with Crippen molar-refractivity contribution in [2.45, 2.75) is 57.9 Å². The molecule has 0 bridgehead atoms. The fourth-order valence-electron chi connectivity index (χ4n) is 3.13. The van der Waals surface area contributed by atoms with Gasteiger partial charge in [0.15, 0.2) is 15.8 Å². The lowest BCUT2D eigenvalue weighted by molar-refractivity contribution is 0.329. The summed E-state index contributed by atoms with van der Waals surface area (Å²) in [5.41, 5.74) is 1.89. The van der Waals surface area contributed by atoms with Crippen LogP contribution >= 0.6 is 24.0 Å². The molecule has 148 valence electrons. The molecule has 0 unspecified atom stereocenters. The van der Waals surface area contributed by atoms with Crippen LogP contribution in [0.3, 0.4) is 0 Å². The second kappa shape index (κ2) is 11.1. The van der Waals surface area contributed by atoms with Crippen LogP contribution in [0.2, 0.25) is 0 Å². The van der Waals surface area contributed by atoms with Gasteiger partial charge in [0.2, 0.25) is 0 Å². The van der Waals surface area contributed by atoms with Crippen LogP contribution in [0, 0.1) is 5.92 Å². The van der Waals surface area contributed by atoms with Crippen molar-refractivity contribution in [2.75, 3.05) is 12.8 Å². The first kappa shape index (κ1) is 23.2. The van der Waals surface area contributed by atoms with E-state index >= 15 is 0 Å². The predicted octanol–water partition coefficient (Wildman–Crippen LogP) is 3.48. The Balaban J connectivity index is 0.00000338. The molecule has 0 spiro atoms. The van der Waals surface area contributed by atoms with Gasteiger partial charge in [0.1, 0.15) is 0 Å². The number of halogens is 1. The number of benzene rings is 1. The molecule has 0 atom stereocenters. The lowest BCUT2D eigenvalue weighted by Crippen LogP contribution is -2.44. The van der Waals surface area contributed by atoms with E-state index < -0.39 is 9.84 Å². The summed E-state index contributed by atoms with van der Waals surface area (Å²) in [7, 11) is -2.99. The summed E-state index contributed by atoms with van der Waals surface area (Å²) in [5, 5.41) is 6.86. The van der Waals surface area contributed by atoms with E-state index in [0.29, 0.717) is 12.6 Å². The van der Waals surface area contributed by atoms with Crippen LogP contribution in [0.25, 0.3) is 0 Å². The van der Waals surface area contributed by atoms with Crippen LogP contribution < -0.4 is 10.6 Å². The summed E-state index contributed by atoms with van der Waals surface area (Å²) in [6.07, 6.45) is 6.21. The molecule has 2 N–H and O–H groups in total. The highest BCUT2D eigenvalue weighted by Gasteiger charge is 2.18. The Bertz CT molecular complexity index is 667. The maximum atomic E-state index is 11.3. The van der Waals surface area contributed by atoms with E-state index in [2.05, 4.69) is 29.5 Å². The van der Waals surface area contributed by atoms with Gasteiger partial charge in [0.25, 0.3) is 0 Å². The second-order valence-corrected chi connectivity index (χ2v) is 9.32. The average molecular weight is 493 g/mol. The highest BCUT2D eigenvalue weighted by molar-refractivity contribution is 14.0. The van der Waals surface area contributed by atoms with Gasteiger partial charge in [-0.2, -0.15) is 0 Å². The van der Waals surface area contributed by atoms with Crippen molar-refractivity contribution in [1.29, 1.82) is 0 Å². The highest BCUT2D eigenvalue weighted by Crippen LogP contribution is 2.23. The van der Waals surface area contributed by atoms with E-state index in [1.165, 1.54) is 31.9 Å². The third-order valence-corrected chi connectivity index (χ3v) is 5.43. The second-order valence-electron chi connectivity index (χ2n) is 7.18. The molecule has 0 saturated heterocycles. The minimum Gasteiger partial charge on any atom is -0.357 e. The first-order chi connectivity index (χ1) is 11.9. The molecule has 0 aromatic heterocycles. The molecule has 0 heterocycles. The van der Waals surface area contributed by atoms with Crippen LogP contribution in [0.15, 0.2) is 29.3 Å². The van der Waals surface area contributed by atoms with Crippen LogP contribution in [-0.4, -0.2) is 33.2 Å². The predicted molar refractivity (Wildman–Crippen MR) is 120 cm³/mol. The molecule has 1 aromatic rings. The molecule has 26 heavy (non-hydrogen) atoms. The Kier molecular flexibility index (Phi) is 9.92. The van der Waals surface area contributed by atoms with Crippen molar-refractivity contribution in [1.82, 2.24) is 10.6 Å². The summed E-state index contributed by atoms with van der Waals surface area (Å²) in [6.45, 7) is 5.81. The van der Waals surface area contributed by atoms with Crippen LogP contribution in [0.4, 0.5) is 0 Å². The van der Waals surface area contributed by atoms with E-state index in [1.807, 2.05) is 24.3 Å². The van der Waals surface area contributed by atoms with E-state index in [0.717, 1.165) is 29.5 Å². The summed E-state index contributed by atoms with van der Waals surface area (Å²) >= 11 is 0. The molecule has 2 rings (SSSR count). The van der Waals surface area contributed by atoms with Crippen molar-refractivity contribution in [3.05, 3.63) is 35.4 Å². The Morgan fingerprint density at radius 3 is 2.23 bits per heavy atom.